The number of nitrogens with one attached hydrogen (secondary N) is 2. The average molecular weight is 301 g/mol. The van der Waals surface area contributed by atoms with Crippen molar-refractivity contribution in [1.29, 1.82) is 0 Å². The second-order valence-corrected chi connectivity index (χ2v) is 7.46. The molecule has 0 unspecified atom stereocenters. The van der Waals surface area contributed by atoms with Gasteiger partial charge in [0.2, 0.25) is 0 Å². The molecule has 0 amide bonds. The van der Waals surface area contributed by atoms with Gasteiger partial charge in [0.15, 0.2) is 5.96 Å². The average Bonchev–Trinajstić information content (AvgIpc) is 2.95. The first-order chi connectivity index (χ1) is 9.57. The summed E-state index contributed by atoms with van der Waals surface area (Å²) in [5.74, 6) is 0.882. The van der Waals surface area contributed by atoms with Crippen LogP contribution >= 0.6 is 11.8 Å². The minimum atomic E-state index is 0.225. The molecule has 0 saturated heterocycles. The summed E-state index contributed by atoms with van der Waals surface area (Å²) in [7, 11) is 1.82. The fourth-order valence-corrected chi connectivity index (χ4v) is 2.39. The van der Waals surface area contributed by atoms with Crippen LogP contribution in [0.3, 0.4) is 0 Å². The van der Waals surface area contributed by atoms with Gasteiger partial charge in [0.1, 0.15) is 0 Å². The Morgan fingerprint density at radius 1 is 1.30 bits per heavy atom. The lowest BCUT2D eigenvalue weighted by Gasteiger charge is -2.23. The minimum absolute atomic E-state index is 0.225. The van der Waals surface area contributed by atoms with Crippen molar-refractivity contribution in [3.63, 3.8) is 0 Å². The lowest BCUT2D eigenvalue weighted by molar-refractivity contribution is 0.0574. The third-order valence-electron chi connectivity index (χ3n) is 3.73. The molecule has 1 fully saturated rings. The van der Waals surface area contributed by atoms with Crippen molar-refractivity contribution in [2.45, 2.75) is 56.8 Å². The summed E-state index contributed by atoms with van der Waals surface area (Å²) in [6.45, 7) is 7.13. The number of guanidine groups is 1. The van der Waals surface area contributed by atoms with Crippen molar-refractivity contribution in [2.75, 3.05) is 33.0 Å². The molecule has 4 nitrogen and oxygen atoms in total. The molecule has 0 aromatic carbocycles. The maximum absolute atomic E-state index is 5.85. The van der Waals surface area contributed by atoms with Crippen LogP contribution in [-0.4, -0.2) is 49.8 Å². The Bertz CT molecular complexity index is 289. The zero-order chi connectivity index (χ0) is 14.8. The van der Waals surface area contributed by atoms with Crippen molar-refractivity contribution in [1.82, 2.24) is 10.6 Å². The van der Waals surface area contributed by atoms with Gasteiger partial charge in [-0.3, -0.25) is 4.99 Å². The summed E-state index contributed by atoms with van der Waals surface area (Å²) in [4.78, 5) is 4.24. The molecule has 0 aliphatic heterocycles. The monoisotopic (exact) mass is 301 g/mol. The van der Waals surface area contributed by atoms with Gasteiger partial charge in [-0.2, -0.15) is 11.8 Å². The lowest BCUT2D eigenvalue weighted by Crippen LogP contribution is -2.43. The van der Waals surface area contributed by atoms with E-state index in [1.54, 1.807) is 0 Å². The van der Waals surface area contributed by atoms with E-state index in [9.17, 15) is 0 Å². The Morgan fingerprint density at radius 3 is 2.60 bits per heavy atom. The van der Waals surface area contributed by atoms with E-state index in [0.717, 1.165) is 32.1 Å². The summed E-state index contributed by atoms with van der Waals surface area (Å²) in [5.41, 5.74) is 0. The minimum Gasteiger partial charge on any atom is -0.378 e. The summed E-state index contributed by atoms with van der Waals surface area (Å²) in [6, 6.07) is 0. The molecule has 0 bridgehead atoms. The molecule has 0 atom stereocenters. The molecule has 5 heteroatoms. The van der Waals surface area contributed by atoms with Gasteiger partial charge in [-0.1, -0.05) is 12.8 Å². The van der Waals surface area contributed by atoms with Crippen LogP contribution < -0.4 is 10.6 Å². The third kappa shape index (κ3) is 7.39. The van der Waals surface area contributed by atoms with Crippen molar-refractivity contribution in [3.8, 4) is 0 Å². The zero-order valence-corrected chi connectivity index (χ0v) is 14.3. The van der Waals surface area contributed by atoms with Gasteiger partial charge in [0.25, 0.3) is 0 Å². The third-order valence-corrected chi connectivity index (χ3v) is 4.98. The van der Waals surface area contributed by atoms with Crippen LogP contribution in [0.2, 0.25) is 0 Å². The van der Waals surface area contributed by atoms with E-state index >= 15 is 0 Å². The molecular weight excluding hydrogens is 270 g/mol. The normalized spacial score (nSPS) is 17.5. The maximum atomic E-state index is 5.85. The van der Waals surface area contributed by atoms with Gasteiger partial charge in [-0.15, -0.1) is 0 Å². The molecule has 0 radical (unpaired) electrons. The SMILES string of the molecule is CN=C(NCCCOC1CCCC1)NCC(C)(C)SC. The summed E-state index contributed by atoms with van der Waals surface area (Å²) >= 11 is 1.86. The van der Waals surface area contributed by atoms with Crippen molar-refractivity contribution < 1.29 is 4.74 Å². The first-order valence-electron chi connectivity index (χ1n) is 7.68. The second-order valence-electron chi connectivity index (χ2n) is 5.95. The van der Waals surface area contributed by atoms with Gasteiger partial charge in [-0.05, 0) is 39.4 Å². The van der Waals surface area contributed by atoms with Gasteiger partial charge in [0, 0.05) is 31.5 Å². The highest BCUT2D eigenvalue weighted by Gasteiger charge is 2.16. The molecular formula is C15H31N3OS. The molecule has 1 aliphatic carbocycles. The molecule has 0 aromatic heterocycles. The summed E-state index contributed by atoms with van der Waals surface area (Å²) in [5, 5.41) is 6.71. The van der Waals surface area contributed by atoms with E-state index in [2.05, 4.69) is 35.7 Å². The summed E-state index contributed by atoms with van der Waals surface area (Å²) < 4.78 is 6.07. The predicted molar refractivity (Wildman–Crippen MR) is 89.8 cm³/mol. The Hall–Kier alpha value is -0.420. The van der Waals surface area contributed by atoms with Gasteiger partial charge in [-0.25, -0.2) is 0 Å². The standard InChI is InChI=1S/C15H31N3OS/c1-15(2,20-4)12-18-14(16-3)17-10-7-11-19-13-8-5-6-9-13/h13H,5-12H2,1-4H3,(H2,16,17,18). The highest BCUT2D eigenvalue weighted by atomic mass is 32.2. The van der Waals surface area contributed by atoms with Crippen LogP contribution in [-0.2, 0) is 4.74 Å². The number of hydrogen-bond donors (Lipinski definition) is 2. The largest absolute Gasteiger partial charge is 0.378 e. The van der Waals surface area contributed by atoms with Crippen LogP contribution in [0.15, 0.2) is 4.99 Å². The number of aliphatic imine (C=N–C) groups is 1. The first-order valence-corrected chi connectivity index (χ1v) is 8.91. The van der Waals surface area contributed by atoms with E-state index in [1.165, 1.54) is 25.7 Å². The lowest BCUT2D eigenvalue weighted by atomic mass is 10.2. The molecule has 0 spiro atoms. The molecule has 0 aromatic rings. The number of rotatable bonds is 8. The molecule has 2 N–H and O–H groups in total. The van der Waals surface area contributed by atoms with E-state index in [0.29, 0.717) is 6.10 Å². The Kier molecular flexibility index (Phi) is 8.38. The smallest absolute Gasteiger partial charge is 0.191 e. The quantitative estimate of drug-likeness (QED) is 0.411. The topological polar surface area (TPSA) is 45.7 Å². The molecule has 0 heterocycles. The fourth-order valence-electron chi connectivity index (χ4n) is 2.17. The Balaban J connectivity index is 2.06. The van der Waals surface area contributed by atoms with E-state index in [1.807, 2.05) is 18.8 Å². The number of hydrogen-bond acceptors (Lipinski definition) is 3. The second kappa shape index (κ2) is 9.50. The highest BCUT2D eigenvalue weighted by Crippen LogP contribution is 2.21. The van der Waals surface area contributed by atoms with Crippen molar-refractivity contribution in [3.05, 3.63) is 0 Å². The van der Waals surface area contributed by atoms with E-state index < -0.39 is 0 Å². The van der Waals surface area contributed by atoms with Crippen LogP contribution in [0.4, 0.5) is 0 Å². The van der Waals surface area contributed by atoms with Crippen molar-refractivity contribution >= 4 is 17.7 Å². The number of nitrogens with zero attached hydrogens (tertiary/aromatic N) is 1. The van der Waals surface area contributed by atoms with E-state index in [-0.39, 0.29) is 4.75 Å². The first kappa shape index (κ1) is 17.6. The van der Waals surface area contributed by atoms with Crippen LogP contribution in [0.1, 0.15) is 46.0 Å². The molecule has 1 saturated carbocycles. The van der Waals surface area contributed by atoms with Crippen LogP contribution in [0.25, 0.3) is 0 Å². The van der Waals surface area contributed by atoms with Crippen LogP contribution in [0.5, 0.6) is 0 Å². The van der Waals surface area contributed by atoms with Gasteiger partial charge >= 0.3 is 0 Å². The summed E-state index contributed by atoms with van der Waals surface area (Å²) in [6.07, 6.45) is 8.87. The Labute approximate surface area is 128 Å². The predicted octanol–water partition coefficient (Wildman–Crippen LogP) is 2.64. The zero-order valence-electron chi connectivity index (χ0n) is 13.5. The van der Waals surface area contributed by atoms with E-state index in [4.69, 9.17) is 4.74 Å². The van der Waals surface area contributed by atoms with Crippen LogP contribution in [0, 0.1) is 0 Å². The maximum Gasteiger partial charge on any atom is 0.191 e. The number of ether oxygens (including phenoxy) is 1. The molecule has 118 valence electrons. The molecule has 1 aliphatic rings. The van der Waals surface area contributed by atoms with Gasteiger partial charge < -0.3 is 15.4 Å². The number of thioether (sulfide) groups is 1. The van der Waals surface area contributed by atoms with Crippen molar-refractivity contribution in [2.24, 2.45) is 4.99 Å². The molecule has 20 heavy (non-hydrogen) atoms. The highest BCUT2D eigenvalue weighted by molar-refractivity contribution is 7.99. The fraction of sp³-hybridized carbons (Fsp3) is 0.933. The van der Waals surface area contributed by atoms with Gasteiger partial charge in [0.05, 0.1) is 6.10 Å². The Morgan fingerprint density at radius 2 is 2.00 bits per heavy atom. The molecule has 1 rings (SSSR count).